The molecular formula is C19H20O3S. The minimum atomic E-state index is -0.773. The summed E-state index contributed by atoms with van der Waals surface area (Å²) in [5.74, 6) is 2.35. The minimum Gasteiger partial charge on any atom is -0.456 e. The zero-order valence-corrected chi connectivity index (χ0v) is 13.8. The maximum absolute atomic E-state index is 12.7. The summed E-state index contributed by atoms with van der Waals surface area (Å²) >= 11 is 1.27. The summed E-state index contributed by atoms with van der Waals surface area (Å²) in [7, 11) is 0. The molecule has 1 aliphatic heterocycles. The van der Waals surface area contributed by atoms with Crippen LogP contribution in [-0.2, 0) is 14.3 Å². The van der Waals surface area contributed by atoms with E-state index in [9.17, 15) is 9.59 Å². The van der Waals surface area contributed by atoms with Gasteiger partial charge in [-0.15, -0.1) is 24.1 Å². The number of carbonyl (C=O) groups excluding carboxylic acids is 2. The number of carbonyl (C=O) groups is 2. The molecule has 0 N–H and O–H groups in total. The zero-order chi connectivity index (χ0) is 16.3. The Morgan fingerprint density at radius 3 is 2.52 bits per heavy atom. The van der Waals surface area contributed by atoms with Crippen LogP contribution in [0.3, 0.4) is 0 Å². The molecular weight excluding hydrogens is 308 g/mol. The lowest BCUT2D eigenvalue weighted by Crippen LogP contribution is -2.52. The highest BCUT2D eigenvalue weighted by molar-refractivity contribution is 8.01. The molecule has 1 aromatic rings. The van der Waals surface area contributed by atoms with Crippen LogP contribution in [-0.4, -0.2) is 22.6 Å². The number of rotatable bonds is 4. The van der Waals surface area contributed by atoms with E-state index in [0.717, 1.165) is 30.6 Å². The van der Waals surface area contributed by atoms with Gasteiger partial charge >= 0.3 is 5.97 Å². The van der Waals surface area contributed by atoms with Gasteiger partial charge in [-0.25, -0.2) is 0 Å². The Morgan fingerprint density at radius 2 is 1.91 bits per heavy atom. The number of esters is 1. The molecule has 23 heavy (non-hydrogen) atoms. The second-order valence-electron chi connectivity index (χ2n) is 6.30. The van der Waals surface area contributed by atoms with Crippen molar-refractivity contribution < 1.29 is 14.3 Å². The SMILES string of the molecule is C#CCC1(C2CCCC2)CC(=O)C(Sc2ccccc2)C(=O)O1. The lowest BCUT2D eigenvalue weighted by atomic mass is 9.77. The molecule has 0 spiro atoms. The molecule has 1 aliphatic carbocycles. The summed E-state index contributed by atoms with van der Waals surface area (Å²) in [4.78, 5) is 26.1. The predicted octanol–water partition coefficient (Wildman–Crippen LogP) is 3.62. The Kier molecular flexibility index (Phi) is 4.77. The Bertz CT molecular complexity index is 608. The first-order valence-electron chi connectivity index (χ1n) is 8.05. The van der Waals surface area contributed by atoms with Crippen LogP contribution >= 0.6 is 11.8 Å². The van der Waals surface area contributed by atoms with Crippen LogP contribution in [0.25, 0.3) is 0 Å². The van der Waals surface area contributed by atoms with E-state index >= 15 is 0 Å². The van der Waals surface area contributed by atoms with Gasteiger partial charge in [-0.3, -0.25) is 9.59 Å². The van der Waals surface area contributed by atoms with E-state index in [-0.39, 0.29) is 18.1 Å². The normalized spacial score (nSPS) is 28.4. The Balaban J connectivity index is 1.79. The second-order valence-corrected chi connectivity index (χ2v) is 7.48. The standard InChI is InChI=1S/C19H20O3S/c1-2-12-19(14-8-6-7-9-14)13-16(20)17(18(21)22-19)23-15-10-4-3-5-11-15/h1,3-5,10-11,14,17H,6-9,12-13H2. The third-order valence-corrected chi connectivity index (χ3v) is 6.02. The van der Waals surface area contributed by atoms with Gasteiger partial charge in [0.2, 0.25) is 0 Å². The van der Waals surface area contributed by atoms with Crippen molar-refractivity contribution in [2.45, 2.75) is 54.3 Å². The molecule has 0 aromatic heterocycles. The van der Waals surface area contributed by atoms with Crippen molar-refractivity contribution in [3.05, 3.63) is 30.3 Å². The summed E-state index contributed by atoms with van der Waals surface area (Å²) in [5, 5.41) is -0.773. The van der Waals surface area contributed by atoms with Crippen molar-refractivity contribution in [2.24, 2.45) is 5.92 Å². The Morgan fingerprint density at radius 1 is 1.22 bits per heavy atom. The van der Waals surface area contributed by atoms with Crippen molar-refractivity contribution >= 4 is 23.5 Å². The molecule has 1 heterocycles. The van der Waals surface area contributed by atoms with Crippen molar-refractivity contribution in [3.8, 4) is 12.3 Å². The van der Waals surface area contributed by atoms with Gasteiger partial charge < -0.3 is 4.74 Å². The zero-order valence-electron chi connectivity index (χ0n) is 13.0. The van der Waals surface area contributed by atoms with Crippen LogP contribution in [0.15, 0.2) is 35.2 Å². The van der Waals surface area contributed by atoms with Gasteiger partial charge in [-0.2, -0.15) is 0 Å². The van der Waals surface area contributed by atoms with E-state index in [4.69, 9.17) is 11.2 Å². The third-order valence-electron chi connectivity index (χ3n) is 4.78. The summed E-state index contributed by atoms with van der Waals surface area (Å²) in [6.07, 6.45) is 10.3. The molecule has 2 atom stereocenters. The number of ketones is 1. The molecule has 2 fully saturated rings. The van der Waals surface area contributed by atoms with Gasteiger partial charge in [-0.1, -0.05) is 31.0 Å². The van der Waals surface area contributed by atoms with Crippen molar-refractivity contribution in [3.63, 3.8) is 0 Å². The number of hydrogen-bond acceptors (Lipinski definition) is 4. The van der Waals surface area contributed by atoms with E-state index in [1.807, 2.05) is 30.3 Å². The lowest BCUT2D eigenvalue weighted by molar-refractivity contribution is -0.175. The molecule has 3 nitrogen and oxygen atoms in total. The molecule has 0 bridgehead atoms. The predicted molar refractivity (Wildman–Crippen MR) is 89.9 cm³/mol. The topological polar surface area (TPSA) is 43.4 Å². The molecule has 1 saturated carbocycles. The summed E-state index contributed by atoms with van der Waals surface area (Å²) in [5.41, 5.74) is -0.771. The quantitative estimate of drug-likeness (QED) is 0.481. The molecule has 2 aliphatic rings. The van der Waals surface area contributed by atoms with Crippen LogP contribution in [0.5, 0.6) is 0 Å². The highest BCUT2D eigenvalue weighted by Crippen LogP contribution is 2.45. The number of thioether (sulfide) groups is 1. The van der Waals surface area contributed by atoms with Crippen molar-refractivity contribution in [1.82, 2.24) is 0 Å². The smallest absolute Gasteiger partial charge is 0.327 e. The molecule has 3 rings (SSSR count). The van der Waals surface area contributed by atoms with Gasteiger partial charge in [0, 0.05) is 23.7 Å². The minimum absolute atomic E-state index is 0.0581. The fourth-order valence-corrected chi connectivity index (χ4v) is 4.60. The molecule has 0 amide bonds. The first-order chi connectivity index (χ1) is 11.1. The maximum Gasteiger partial charge on any atom is 0.327 e. The van der Waals surface area contributed by atoms with E-state index in [1.165, 1.54) is 11.8 Å². The number of ether oxygens (including phenoxy) is 1. The monoisotopic (exact) mass is 328 g/mol. The average molecular weight is 328 g/mol. The fourth-order valence-electron chi connectivity index (χ4n) is 3.65. The van der Waals surface area contributed by atoms with Gasteiger partial charge in [0.1, 0.15) is 5.60 Å². The average Bonchev–Trinajstić information content (AvgIpc) is 3.07. The maximum atomic E-state index is 12.7. The van der Waals surface area contributed by atoms with Gasteiger partial charge in [0.05, 0.1) is 0 Å². The van der Waals surface area contributed by atoms with Crippen LogP contribution in [0.1, 0.15) is 38.5 Å². The molecule has 2 unspecified atom stereocenters. The third kappa shape index (κ3) is 3.30. The van der Waals surface area contributed by atoms with E-state index < -0.39 is 16.8 Å². The number of Topliss-reactive ketones (excluding diaryl/α,β-unsaturated/α-hetero) is 1. The van der Waals surface area contributed by atoms with Crippen LogP contribution in [0.4, 0.5) is 0 Å². The second kappa shape index (κ2) is 6.80. The first-order valence-corrected chi connectivity index (χ1v) is 8.93. The summed E-state index contributed by atoms with van der Waals surface area (Å²) in [6, 6.07) is 9.48. The van der Waals surface area contributed by atoms with Gasteiger partial charge in [0.25, 0.3) is 0 Å². The number of hydrogen-bond donors (Lipinski definition) is 0. The molecule has 4 heteroatoms. The van der Waals surface area contributed by atoms with Crippen molar-refractivity contribution in [2.75, 3.05) is 0 Å². The van der Waals surface area contributed by atoms with E-state index in [0.29, 0.717) is 6.42 Å². The molecule has 0 radical (unpaired) electrons. The van der Waals surface area contributed by atoms with E-state index in [1.54, 1.807) is 0 Å². The number of benzene rings is 1. The summed E-state index contributed by atoms with van der Waals surface area (Å²) in [6.45, 7) is 0. The van der Waals surface area contributed by atoms with Gasteiger partial charge in [-0.05, 0) is 25.0 Å². The summed E-state index contributed by atoms with van der Waals surface area (Å²) < 4.78 is 5.83. The number of terminal acetylenes is 1. The fraction of sp³-hybridized carbons (Fsp3) is 0.474. The molecule has 1 aromatic carbocycles. The Hall–Kier alpha value is -1.73. The van der Waals surface area contributed by atoms with Crippen LogP contribution in [0, 0.1) is 18.3 Å². The largest absolute Gasteiger partial charge is 0.456 e. The molecule has 120 valence electrons. The number of cyclic esters (lactones) is 1. The van der Waals surface area contributed by atoms with E-state index in [2.05, 4.69) is 5.92 Å². The lowest BCUT2D eigenvalue weighted by Gasteiger charge is -2.41. The Labute approximate surface area is 141 Å². The first kappa shape index (κ1) is 16.1. The highest BCUT2D eigenvalue weighted by atomic mass is 32.2. The molecule has 1 saturated heterocycles. The highest BCUT2D eigenvalue weighted by Gasteiger charge is 2.51. The van der Waals surface area contributed by atoms with Crippen LogP contribution < -0.4 is 0 Å². The van der Waals surface area contributed by atoms with Crippen LogP contribution in [0.2, 0.25) is 0 Å². The van der Waals surface area contributed by atoms with Crippen molar-refractivity contribution in [1.29, 1.82) is 0 Å². The van der Waals surface area contributed by atoms with Gasteiger partial charge in [0.15, 0.2) is 11.0 Å².